The van der Waals surface area contributed by atoms with Gasteiger partial charge in [-0.15, -0.1) is 6.58 Å². The number of benzene rings is 1. The molecule has 0 atom stereocenters. The Morgan fingerprint density at radius 3 is 2.56 bits per heavy atom. The van der Waals surface area contributed by atoms with Crippen LogP contribution < -0.4 is 0 Å². The molecule has 0 saturated carbocycles. The van der Waals surface area contributed by atoms with Crippen LogP contribution in [0.3, 0.4) is 0 Å². The van der Waals surface area contributed by atoms with E-state index >= 15 is 0 Å². The van der Waals surface area contributed by atoms with Crippen molar-refractivity contribution in [1.82, 2.24) is 4.90 Å². The quantitative estimate of drug-likeness (QED) is 0.502. The molecular formula is C16H23NO. The molecule has 18 heavy (non-hydrogen) atoms. The fourth-order valence-electron chi connectivity index (χ4n) is 1.92. The standard InChI is InChI=1S/C16H23NO/c1-3-5-6-10-14-17(13-4-2)16(18)15-11-8-7-9-12-15/h4,7-9,11-12H,2-3,5-6,10,13-14H2,1H3. The van der Waals surface area contributed by atoms with Crippen LogP contribution in [0.2, 0.25) is 0 Å². The van der Waals surface area contributed by atoms with Crippen molar-refractivity contribution in [2.75, 3.05) is 13.1 Å². The largest absolute Gasteiger partial charge is 0.335 e. The molecule has 1 aromatic carbocycles. The maximum absolute atomic E-state index is 12.3. The summed E-state index contributed by atoms with van der Waals surface area (Å²) < 4.78 is 0. The van der Waals surface area contributed by atoms with E-state index in [1.165, 1.54) is 19.3 Å². The highest BCUT2D eigenvalue weighted by atomic mass is 16.2. The van der Waals surface area contributed by atoms with Gasteiger partial charge in [-0.1, -0.05) is 50.5 Å². The van der Waals surface area contributed by atoms with Crippen LogP contribution in [-0.4, -0.2) is 23.9 Å². The van der Waals surface area contributed by atoms with E-state index in [0.29, 0.717) is 6.54 Å². The molecule has 0 spiro atoms. The Bertz CT molecular complexity index is 359. The first kappa shape index (κ1) is 14.5. The van der Waals surface area contributed by atoms with Crippen molar-refractivity contribution >= 4 is 5.91 Å². The predicted octanol–water partition coefficient (Wildman–Crippen LogP) is 3.90. The maximum Gasteiger partial charge on any atom is 0.254 e. The number of nitrogens with zero attached hydrogens (tertiary/aromatic N) is 1. The van der Waals surface area contributed by atoms with Gasteiger partial charge in [0.15, 0.2) is 0 Å². The normalized spacial score (nSPS) is 10.1. The molecule has 0 bridgehead atoms. The fraction of sp³-hybridized carbons (Fsp3) is 0.438. The van der Waals surface area contributed by atoms with Gasteiger partial charge in [-0.05, 0) is 18.6 Å². The van der Waals surface area contributed by atoms with Gasteiger partial charge in [-0.25, -0.2) is 0 Å². The minimum atomic E-state index is 0.104. The molecule has 0 saturated heterocycles. The molecule has 0 aliphatic carbocycles. The number of hydrogen-bond acceptors (Lipinski definition) is 1. The lowest BCUT2D eigenvalue weighted by molar-refractivity contribution is 0.0771. The molecule has 0 heterocycles. The number of unbranched alkanes of at least 4 members (excludes halogenated alkanes) is 3. The van der Waals surface area contributed by atoms with Gasteiger partial charge in [-0.3, -0.25) is 4.79 Å². The maximum atomic E-state index is 12.3. The van der Waals surface area contributed by atoms with Crippen LogP contribution in [0.25, 0.3) is 0 Å². The molecule has 2 nitrogen and oxygen atoms in total. The highest BCUT2D eigenvalue weighted by molar-refractivity contribution is 5.94. The van der Waals surface area contributed by atoms with Gasteiger partial charge in [0.05, 0.1) is 0 Å². The molecule has 0 aliphatic heterocycles. The summed E-state index contributed by atoms with van der Waals surface area (Å²) in [4.78, 5) is 14.1. The molecule has 2 heteroatoms. The Hall–Kier alpha value is -1.57. The number of amides is 1. The third-order valence-corrected chi connectivity index (χ3v) is 2.94. The SMILES string of the molecule is C=CCN(CCCCCC)C(=O)c1ccccc1. The number of carbonyl (C=O) groups excluding carboxylic acids is 1. The molecule has 0 N–H and O–H groups in total. The van der Waals surface area contributed by atoms with Crippen molar-refractivity contribution in [2.45, 2.75) is 32.6 Å². The molecular weight excluding hydrogens is 222 g/mol. The average molecular weight is 245 g/mol. The summed E-state index contributed by atoms with van der Waals surface area (Å²) in [7, 11) is 0. The number of rotatable bonds is 8. The Balaban J connectivity index is 2.55. The van der Waals surface area contributed by atoms with E-state index in [1.54, 1.807) is 6.08 Å². The van der Waals surface area contributed by atoms with Gasteiger partial charge in [0.25, 0.3) is 5.91 Å². The first-order valence-corrected chi connectivity index (χ1v) is 6.74. The Kier molecular flexibility index (Phi) is 6.85. The zero-order valence-electron chi connectivity index (χ0n) is 11.3. The molecule has 0 radical (unpaired) electrons. The Labute approximate surface area is 110 Å². The zero-order valence-corrected chi connectivity index (χ0v) is 11.3. The molecule has 0 aromatic heterocycles. The van der Waals surface area contributed by atoms with E-state index in [2.05, 4.69) is 13.5 Å². The second kappa shape index (κ2) is 8.51. The summed E-state index contributed by atoms with van der Waals surface area (Å²) >= 11 is 0. The highest BCUT2D eigenvalue weighted by Gasteiger charge is 2.13. The highest BCUT2D eigenvalue weighted by Crippen LogP contribution is 2.07. The third-order valence-electron chi connectivity index (χ3n) is 2.94. The Morgan fingerprint density at radius 1 is 1.22 bits per heavy atom. The molecule has 1 rings (SSSR count). The van der Waals surface area contributed by atoms with Gasteiger partial charge >= 0.3 is 0 Å². The summed E-state index contributed by atoms with van der Waals surface area (Å²) in [6.07, 6.45) is 6.50. The van der Waals surface area contributed by atoms with Crippen LogP contribution in [0.15, 0.2) is 43.0 Å². The van der Waals surface area contributed by atoms with Crippen LogP contribution in [0.5, 0.6) is 0 Å². The first-order valence-electron chi connectivity index (χ1n) is 6.74. The van der Waals surface area contributed by atoms with Gasteiger partial charge in [0, 0.05) is 18.7 Å². The number of hydrogen-bond donors (Lipinski definition) is 0. The summed E-state index contributed by atoms with van der Waals surface area (Å²) in [5.74, 6) is 0.104. The van der Waals surface area contributed by atoms with E-state index in [4.69, 9.17) is 0 Å². The zero-order chi connectivity index (χ0) is 13.2. The van der Waals surface area contributed by atoms with Crippen molar-refractivity contribution in [3.63, 3.8) is 0 Å². The second-order valence-corrected chi connectivity index (χ2v) is 4.47. The van der Waals surface area contributed by atoms with Crippen molar-refractivity contribution in [3.8, 4) is 0 Å². The van der Waals surface area contributed by atoms with Gasteiger partial charge < -0.3 is 4.90 Å². The molecule has 0 unspecified atom stereocenters. The van der Waals surface area contributed by atoms with Crippen LogP contribution in [0.4, 0.5) is 0 Å². The summed E-state index contributed by atoms with van der Waals surface area (Å²) in [6, 6.07) is 9.46. The topological polar surface area (TPSA) is 20.3 Å². The lowest BCUT2D eigenvalue weighted by atomic mass is 10.1. The van der Waals surface area contributed by atoms with Crippen LogP contribution in [0.1, 0.15) is 43.0 Å². The van der Waals surface area contributed by atoms with Crippen molar-refractivity contribution in [2.24, 2.45) is 0 Å². The van der Waals surface area contributed by atoms with Gasteiger partial charge in [-0.2, -0.15) is 0 Å². The summed E-state index contributed by atoms with van der Waals surface area (Å²) in [5.41, 5.74) is 0.759. The molecule has 0 fully saturated rings. The molecule has 1 aromatic rings. The lowest BCUT2D eigenvalue weighted by Crippen LogP contribution is -2.32. The molecule has 1 amide bonds. The monoisotopic (exact) mass is 245 g/mol. The van der Waals surface area contributed by atoms with Crippen LogP contribution >= 0.6 is 0 Å². The van der Waals surface area contributed by atoms with E-state index in [0.717, 1.165) is 18.5 Å². The van der Waals surface area contributed by atoms with Gasteiger partial charge in [0.1, 0.15) is 0 Å². The van der Waals surface area contributed by atoms with E-state index in [1.807, 2.05) is 35.2 Å². The van der Waals surface area contributed by atoms with Crippen molar-refractivity contribution < 1.29 is 4.79 Å². The lowest BCUT2D eigenvalue weighted by Gasteiger charge is -2.21. The third kappa shape index (κ3) is 4.74. The van der Waals surface area contributed by atoms with Crippen LogP contribution in [0, 0.1) is 0 Å². The van der Waals surface area contributed by atoms with E-state index in [9.17, 15) is 4.79 Å². The predicted molar refractivity (Wildman–Crippen MR) is 76.7 cm³/mol. The van der Waals surface area contributed by atoms with Crippen molar-refractivity contribution in [3.05, 3.63) is 48.6 Å². The molecule has 98 valence electrons. The summed E-state index contributed by atoms with van der Waals surface area (Å²) in [6.45, 7) is 7.36. The van der Waals surface area contributed by atoms with E-state index < -0.39 is 0 Å². The Morgan fingerprint density at radius 2 is 1.94 bits per heavy atom. The van der Waals surface area contributed by atoms with Crippen molar-refractivity contribution in [1.29, 1.82) is 0 Å². The minimum Gasteiger partial charge on any atom is -0.335 e. The summed E-state index contributed by atoms with van der Waals surface area (Å²) in [5, 5.41) is 0. The average Bonchev–Trinajstić information content (AvgIpc) is 2.42. The van der Waals surface area contributed by atoms with Gasteiger partial charge in [0.2, 0.25) is 0 Å². The second-order valence-electron chi connectivity index (χ2n) is 4.47. The number of carbonyl (C=O) groups is 1. The molecule has 0 aliphatic rings. The smallest absolute Gasteiger partial charge is 0.254 e. The minimum absolute atomic E-state index is 0.104. The van der Waals surface area contributed by atoms with Crippen LogP contribution in [-0.2, 0) is 0 Å². The van der Waals surface area contributed by atoms with E-state index in [-0.39, 0.29) is 5.91 Å². The fourth-order valence-corrected chi connectivity index (χ4v) is 1.92. The first-order chi connectivity index (χ1) is 8.79.